The zero-order valence-corrected chi connectivity index (χ0v) is 10.9. The molecule has 1 aliphatic rings. The fourth-order valence-electron chi connectivity index (χ4n) is 2.38. The number of nitrogens with zero attached hydrogens (tertiary/aromatic N) is 1. The van der Waals surface area contributed by atoms with Crippen molar-refractivity contribution in [2.24, 2.45) is 0 Å². The Morgan fingerprint density at radius 2 is 2.12 bits per heavy atom. The number of hydrogen-bond donors (Lipinski definition) is 1. The number of unbranched alkanes of at least 4 members (excludes halogenated alkanes) is 3. The second-order valence-electron chi connectivity index (χ2n) is 4.58. The van der Waals surface area contributed by atoms with Gasteiger partial charge in [-0.25, -0.2) is 0 Å². The lowest BCUT2D eigenvalue weighted by molar-refractivity contribution is -0.148. The number of carbonyl (C=O) groups excluding carboxylic acids is 1. The highest BCUT2D eigenvalue weighted by molar-refractivity contribution is 5.76. The van der Waals surface area contributed by atoms with Gasteiger partial charge in [0.05, 0.1) is 6.61 Å². The Morgan fingerprint density at radius 1 is 1.35 bits per heavy atom. The van der Waals surface area contributed by atoms with Gasteiger partial charge in [0, 0.05) is 6.61 Å². The largest absolute Gasteiger partial charge is 0.465 e. The lowest BCUT2D eigenvalue weighted by atomic mass is 10.2. The van der Waals surface area contributed by atoms with E-state index in [1.165, 1.54) is 0 Å². The van der Waals surface area contributed by atoms with Gasteiger partial charge in [0.25, 0.3) is 0 Å². The number of likely N-dealkylation sites (tertiary alicyclic amines) is 1. The van der Waals surface area contributed by atoms with Crippen LogP contribution in [-0.2, 0) is 9.53 Å². The van der Waals surface area contributed by atoms with Gasteiger partial charge in [0.2, 0.25) is 0 Å². The second kappa shape index (κ2) is 8.48. The number of carbonyl (C=O) groups is 1. The molecule has 17 heavy (non-hydrogen) atoms. The average molecular weight is 243 g/mol. The molecule has 1 saturated heterocycles. The Labute approximate surface area is 104 Å². The van der Waals surface area contributed by atoms with E-state index in [9.17, 15) is 4.79 Å². The zero-order valence-electron chi connectivity index (χ0n) is 10.9. The molecule has 100 valence electrons. The van der Waals surface area contributed by atoms with Crippen molar-refractivity contribution >= 4 is 5.97 Å². The predicted molar refractivity (Wildman–Crippen MR) is 66.8 cm³/mol. The monoisotopic (exact) mass is 243 g/mol. The SMILES string of the molecule is CCOC(=O)C1CCCN1CCCCCCO. The minimum absolute atomic E-state index is 0.00667. The number of aliphatic hydroxyl groups is 1. The normalized spacial score (nSPS) is 20.7. The van der Waals surface area contributed by atoms with Crippen molar-refractivity contribution < 1.29 is 14.6 Å². The standard InChI is InChI=1S/C13H25NO3/c1-2-17-13(16)12-8-7-10-14(12)9-5-3-4-6-11-15/h12,15H,2-11H2,1H3. The number of rotatable bonds is 8. The van der Waals surface area contributed by atoms with Gasteiger partial charge in [-0.05, 0) is 45.7 Å². The first-order valence-electron chi connectivity index (χ1n) is 6.81. The Kier molecular flexibility index (Phi) is 7.21. The zero-order chi connectivity index (χ0) is 12.5. The van der Waals surface area contributed by atoms with E-state index in [-0.39, 0.29) is 18.6 Å². The molecule has 1 rings (SSSR count). The molecule has 0 aliphatic carbocycles. The van der Waals surface area contributed by atoms with Crippen molar-refractivity contribution in [3.8, 4) is 0 Å². The summed E-state index contributed by atoms with van der Waals surface area (Å²) in [6.45, 7) is 4.61. The van der Waals surface area contributed by atoms with E-state index in [1.54, 1.807) is 0 Å². The Bertz CT molecular complexity index is 221. The van der Waals surface area contributed by atoms with Crippen molar-refractivity contribution in [3.05, 3.63) is 0 Å². The third-order valence-electron chi connectivity index (χ3n) is 3.28. The minimum Gasteiger partial charge on any atom is -0.465 e. The van der Waals surface area contributed by atoms with Crippen LogP contribution in [0.15, 0.2) is 0 Å². The molecular formula is C13H25NO3. The van der Waals surface area contributed by atoms with Crippen molar-refractivity contribution in [2.75, 3.05) is 26.3 Å². The molecule has 0 saturated carbocycles. The van der Waals surface area contributed by atoms with Gasteiger partial charge in [0.1, 0.15) is 6.04 Å². The predicted octanol–water partition coefficient (Wildman–Crippen LogP) is 1.57. The molecule has 1 heterocycles. The van der Waals surface area contributed by atoms with Crippen LogP contribution in [0.1, 0.15) is 45.4 Å². The van der Waals surface area contributed by atoms with E-state index >= 15 is 0 Å². The molecule has 4 heteroatoms. The highest BCUT2D eigenvalue weighted by Crippen LogP contribution is 2.19. The summed E-state index contributed by atoms with van der Waals surface area (Å²) < 4.78 is 5.09. The van der Waals surface area contributed by atoms with E-state index in [0.717, 1.165) is 51.6 Å². The Balaban J connectivity index is 2.19. The van der Waals surface area contributed by atoms with Crippen molar-refractivity contribution in [3.63, 3.8) is 0 Å². The van der Waals surface area contributed by atoms with Crippen LogP contribution in [0, 0.1) is 0 Å². The number of hydrogen-bond acceptors (Lipinski definition) is 4. The Morgan fingerprint density at radius 3 is 2.82 bits per heavy atom. The summed E-state index contributed by atoms with van der Waals surface area (Å²) in [7, 11) is 0. The molecule has 0 amide bonds. The molecule has 0 aromatic heterocycles. The topological polar surface area (TPSA) is 49.8 Å². The van der Waals surface area contributed by atoms with Crippen LogP contribution in [0.2, 0.25) is 0 Å². The lowest BCUT2D eigenvalue weighted by Gasteiger charge is -2.22. The van der Waals surface area contributed by atoms with Crippen molar-refractivity contribution in [1.29, 1.82) is 0 Å². The summed E-state index contributed by atoms with van der Waals surface area (Å²) in [5, 5.41) is 8.68. The molecule has 1 N–H and O–H groups in total. The van der Waals surface area contributed by atoms with Gasteiger partial charge in [-0.2, -0.15) is 0 Å². The maximum Gasteiger partial charge on any atom is 0.323 e. The first kappa shape index (κ1) is 14.5. The van der Waals surface area contributed by atoms with Crippen LogP contribution in [0.25, 0.3) is 0 Å². The van der Waals surface area contributed by atoms with Crippen molar-refractivity contribution in [1.82, 2.24) is 4.90 Å². The molecule has 1 fully saturated rings. The van der Waals surface area contributed by atoms with E-state index < -0.39 is 0 Å². The first-order chi connectivity index (χ1) is 8.29. The molecule has 1 atom stereocenters. The third kappa shape index (κ3) is 5.04. The summed E-state index contributed by atoms with van der Waals surface area (Å²) in [5.41, 5.74) is 0. The summed E-state index contributed by atoms with van der Waals surface area (Å²) in [6, 6.07) is -0.00667. The molecule has 0 aromatic rings. The molecule has 1 unspecified atom stereocenters. The van der Waals surface area contributed by atoms with Gasteiger partial charge in [-0.1, -0.05) is 12.8 Å². The van der Waals surface area contributed by atoms with Gasteiger partial charge in [-0.3, -0.25) is 9.69 Å². The third-order valence-corrected chi connectivity index (χ3v) is 3.28. The number of aliphatic hydroxyl groups excluding tert-OH is 1. The van der Waals surface area contributed by atoms with Gasteiger partial charge in [-0.15, -0.1) is 0 Å². The molecule has 0 aromatic carbocycles. The fraction of sp³-hybridized carbons (Fsp3) is 0.923. The van der Waals surface area contributed by atoms with Crippen LogP contribution < -0.4 is 0 Å². The maximum atomic E-state index is 11.7. The highest BCUT2D eigenvalue weighted by Gasteiger charge is 2.30. The first-order valence-corrected chi connectivity index (χ1v) is 6.81. The molecule has 4 nitrogen and oxygen atoms in total. The van der Waals surface area contributed by atoms with Gasteiger partial charge in [0.15, 0.2) is 0 Å². The summed E-state index contributed by atoms with van der Waals surface area (Å²) in [4.78, 5) is 13.9. The molecule has 0 spiro atoms. The maximum absolute atomic E-state index is 11.7. The minimum atomic E-state index is -0.0552. The molecule has 0 bridgehead atoms. The van der Waals surface area contributed by atoms with E-state index in [1.807, 2.05) is 6.92 Å². The quantitative estimate of drug-likeness (QED) is 0.519. The van der Waals surface area contributed by atoms with Gasteiger partial charge < -0.3 is 9.84 Å². The Hall–Kier alpha value is -0.610. The lowest BCUT2D eigenvalue weighted by Crippen LogP contribution is -2.37. The van der Waals surface area contributed by atoms with E-state index in [4.69, 9.17) is 9.84 Å². The smallest absolute Gasteiger partial charge is 0.323 e. The summed E-state index contributed by atoms with van der Waals surface area (Å²) in [6.07, 6.45) is 6.24. The second-order valence-corrected chi connectivity index (χ2v) is 4.58. The van der Waals surface area contributed by atoms with E-state index in [0.29, 0.717) is 6.61 Å². The average Bonchev–Trinajstić information content (AvgIpc) is 2.77. The summed E-state index contributed by atoms with van der Waals surface area (Å²) in [5.74, 6) is -0.0552. The van der Waals surface area contributed by atoms with E-state index in [2.05, 4.69) is 4.90 Å². The van der Waals surface area contributed by atoms with Crippen LogP contribution in [0.4, 0.5) is 0 Å². The molecule has 1 aliphatic heterocycles. The number of ether oxygens (including phenoxy) is 1. The molecular weight excluding hydrogens is 218 g/mol. The van der Waals surface area contributed by atoms with Crippen LogP contribution in [-0.4, -0.2) is 48.3 Å². The highest BCUT2D eigenvalue weighted by atomic mass is 16.5. The summed E-state index contributed by atoms with van der Waals surface area (Å²) >= 11 is 0. The molecule has 0 radical (unpaired) electrons. The van der Waals surface area contributed by atoms with Gasteiger partial charge >= 0.3 is 5.97 Å². The van der Waals surface area contributed by atoms with Crippen LogP contribution in [0.5, 0.6) is 0 Å². The van der Waals surface area contributed by atoms with Crippen LogP contribution in [0.3, 0.4) is 0 Å². The van der Waals surface area contributed by atoms with Crippen LogP contribution >= 0.6 is 0 Å². The fourth-order valence-corrected chi connectivity index (χ4v) is 2.38. The number of esters is 1. The van der Waals surface area contributed by atoms with Crippen molar-refractivity contribution in [2.45, 2.75) is 51.5 Å².